The van der Waals surface area contributed by atoms with Crippen LogP contribution in [-0.4, -0.2) is 10.1 Å². The monoisotopic (exact) mass is 243 g/mol. The largest absolute Gasteiger partial charge is 0.439 e. The number of rotatable bonds is 4. The first-order valence-corrected chi connectivity index (χ1v) is 6.08. The number of aliphatic hydroxyl groups excluding tert-OH is 1. The van der Waals surface area contributed by atoms with Gasteiger partial charge in [-0.25, -0.2) is 4.98 Å². The maximum Gasteiger partial charge on any atom is 0.219 e. The van der Waals surface area contributed by atoms with E-state index >= 15 is 0 Å². The zero-order valence-corrected chi connectivity index (χ0v) is 10.6. The van der Waals surface area contributed by atoms with Crippen molar-refractivity contribution in [1.29, 1.82) is 0 Å². The minimum Gasteiger partial charge on any atom is -0.439 e. The number of hydrogen-bond acceptors (Lipinski definition) is 3. The molecule has 1 atom stereocenters. The number of benzene rings is 1. The third-order valence-corrected chi connectivity index (χ3v) is 2.84. The van der Waals surface area contributed by atoms with E-state index in [1.54, 1.807) is 6.20 Å². The molecule has 1 heterocycles. The molecule has 3 nitrogen and oxygen atoms in total. The van der Waals surface area contributed by atoms with Crippen molar-refractivity contribution in [1.82, 2.24) is 4.98 Å². The molecule has 0 fully saturated rings. The average Bonchev–Trinajstić information content (AvgIpc) is 2.39. The Hall–Kier alpha value is -1.87. The van der Waals surface area contributed by atoms with Crippen LogP contribution < -0.4 is 4.74 Å². The van der Waals surface area contributed by atoms with Gasteiger partial charge in [0.05, 0.1) is 6.10 Å². The minimum absolute atomic E-state index is 0.455. The molecule has 0 saturated carbocycles. The quantitative estimate of drug-likeness (QED) is 0.891. The van der Waals surface area contributed by atoms with Gasteiger partial charge in [-0.2, -0.15) is 0 Å². The predicted molar refractivity (Wildman–Crippen MR) is 70.7 cm³/mol. The molecule has 3 heteroatoms. The zero-order chi connectivity index (χ0) is 13.0. The van der Waals surface area contributed by atoms with Gasteiger partial charge in [-0.3, -0.25) is 0 Å². The van der Waals surface area contributed by atoms with Crippen molar-refractivity contribution in [2.24, 2.45) is 0 Å². The second-order valence-corrected chi connectivity index (χ2v) is 4.22. The first kappa shape index (κ1) is 12.6. The van der Waals surface area contributed by atoms with Gasteiger partial charge in [-0.05, 0) is 31.0 Å². The van der Waals surface area contributed by atoms with E-state index in [4.69, 9.17) is 4.74 Å². The Balaban J connectivity index is 2.19. The first-order valence-electron chi connectivity index (χ1n) is 6.08. The molecule has 0 aliphatic carbocycles. The lowest BCUT2D eigenvalue weighted by atomic mass is 10.0. The fourth-order valence-corrected chi connectivity index (χ4v) is 1.77. The van der Waals surface area contributed by atoms with Gasteiger partial charge in [-0.1, -0.05) is 25.1 Å². The van der Waals surface area contributed by atoms with Gasteiger partial charge in [0.2, 0.25) is 5.88 Å². The first-order chi connectivity index (χ1) is 8.70. The standard InChI is InChI=1S/C15H17NO2/c1-3-14(17)13-10-16-15(9-11(13)2)18-12-7-5-4-6-8-12/h4-10,14,17H,3H2,1-2H3/t14-/m1/s1. The second kappa shape index (κ2) is 5.65. The van der Waals surface area contributed by atoms with Gasteiger partial charge >= 0.3 is 0 Å². The number of aromatic nitrogens is 1. The molecule has 0 radical (unpaired) electrons. The number of nitrogens with zero attached hydrogens (tertiary/aromatic N) is 1. The van der Waals surface area contributed by atoms with E-state index in [1.165, 1.54) is 0 Å². The molecule has 0 bridgehead atoms. The van der Waals surface area contributed by atoms with Gasteiger partial charge in [0.15, 0.2) is 0 Å². The minimum atomic E-state index is -0.455. The Morgan fingerprint density at radius 1 is 1.28 bits per heavy atom. The molecule has 0 aliphatic rings. The lowest BCUT2D eigenvalue weighted by Gasteiger charge is -2.12. The lowest BCUT2D eigenvalue weighted by molar-refractivity contribution is 0.172. The van der Waals surface area contributed by atoms with E-state index in [-0.39, 0.29) is 0 Å². The third kappa shape index (κ3) is 2.87. The summed E-state index contributed by atoms with van der Waals surface area (Å²) in [4.78, 5) is 4.22. The number of para-hydroxylation sites is 1. The van der Waals surface area contributed by atoms with Crippen LogP contribution in [0.5, 0.6) is 11.6 Å². The SMILES string of the molecule is CC[C@@H](O)c1cnc(Oc2ccccc2)cc1C. The van der Waals surface area contributed by atoms with E-state index in [0.29, 0.717) is 12.3 Å². The van der Waals surface area contributed by atoms with Crippen molar-refractivity contribution in [2.45, 2.75) is 26.4 Å². The summed E-state index contributed by atoms with van der Waals surface area (Å²) in [6, 6.07) is 11.4. The summed E-state index contributed by atoms with van der Waals surface area (Å²) < 4.78 is 5.63. The fourth-order valence-electron chi connectivity index (χ4n) is 1.77. The van der Waals surface area contributed by atoms with Crippen LogP contribution in [0.2, 0.25) is 0 Å². The summed E-state index contributed by atoms with van der Waals surface area (Å²) in [6.07, 6.45) is 1.91. The molecule has 1 N–H and O–H groups in total. The smallest absolute Gasteiger partial charge is 0.219 e. The number of ether oxygens (including phenoxy) is 1. The van der Waals surface area contributed by atoms with Crippen LogP contribution in [0.4, 0.5) is 0 Å². The highest BCUT2D eigenvalue weighted by atomic mass is 16.5. The molecule has 1 aromatic carbocycles. The van der Waals surface area contributed by atoms with Crippen molar-refractivity contribution in [2.75, 3.05) is 0 Å². The molecule has 0 saturated heterocycles. The van der Waals surface area contributed by atoms with Crippen molar-refractivity contribution in [3.63, 3.8) is 0 Å². The van der Waals surface area contributed by atoms with Crippen LogP contribution >= 0.6 is 0 Å². The highest BCUT2D eigenvalue weighted by Crippen LogP contribution is 2.25. The number of pyridine rings is 1. The van der Waals surface area contributed by atoms with Crippen molar-refractivity contribution < 1.29 is 9.84 Å². The Kier molecular flexibility index (Phi) is 3.95. The number of aliphatic hydroxyl groups is 1. The molecule has 0 spiro atoms. The topological polar surface area (TPSA) is 42.4 Å². The summed E-state index contributed by atoms with van der Waals surface area (Å²) in [5.41, 5.74) is 1.85. The Labute approximate surface area is 107 Å². The fraction of sp³-hybridized carbons (Fsp3) is 0.267. The van der Waals surface area contributed by atoms with Crippen LogP contribution in [0.1, 0.15) is 30.6 Å². The summed E-state index contributed by atoms with van der Waals surface area (Å²) in [5.74, 6) is 1.30. The average molecular weight is 243 g/mol. The van der Waals surface area contributed by atoms with Crippen LogP contribution in [0.25, 0.3) is 0 Å². The van der Waals surface area contributed by atoms with E-state index < -0.39 is 6.10 Å². The normalized spacial score (nSPS) is 12.2. The van der Waals surface area contributed by atoms with E-state index in [1.807, 2.05) is 50.2 Å². The Morgan fingerprint density at radius 2 is 2.00 bits per heavy atom. The predicted octanol–water partition coefficient (Wildman–Crippen LogP) is 3.63. The van der Waals surface area contributed by atoms with Crippen molar-refractivity contribution >= 4 is 0 Å². The van der Waals surface area contributed by atoms with Gasteiger partial charge in [0.1, 0.15) is 5.75 Å². The molecule has 2 aromatic rings. The Morgan fingerprint density at radius 3 is 2.61 bits per heavy atom. The van der Waals surface area contributed by atoms with Gasteiger partial charge in [0.25, 0.3) is 0 Å². The molecule has 94 valence electrons. The van der Waals surface area contributed by atoms with Crippen LogP contribution in [0, 0.1) is 6.92 Å². The molecule has 0 aliphatic heterocycles. The lowest BCUT2D eigenvalue weighted by Crippen LogP contribution is -2.00. The third-order valence-electron chi connectivity index (χ3n) is 2.84. The Bertz CT molecular complexity index is 511. The molecular weight excluding hydrogens is 226 g/mol. The maximum atomic E-state index is 9.81. The molecule has 0 unspecified atom stereocenters. The molecule has 18 heavy (non-hydrogen) atoms. The van der Waals surface area contributed by atoms with Gasteiger partial charge in [-0.15, -0.1) is 0 Å². The number of aryl methyl sites for hydroxylation is 1. The van der Waals surface area contributed by atoms with Crippen LogP contribution in [0.15, 0.2) is 42.6 Å². The number of hydrogen-bond donors (Lipinski definition) is 1. The van der Waals surface area contributed by atoms with E-state index in [0.717, 1.165) is 16.9 Å². The van der Waals surface area contributed by atoms with E-state index in [2.05, 4.69) is 4.98 Å². The molecule has 1 aromatic heterocycles. The summed E-state index contributed by atoms with van der Waals surface area (Å²) in [5, 5.41) is 9.81. The summed E-state index contributed by atoms with van der Waals surface area (Å²) in [7, 11) is 0. The highest BCUT2D eigenvalue weighted by Gasteiger charge is 2.10. The van der Waals surface area contributed by atoms with Crippen LogP contribution in [0.3, 0.4) is 0 Å². The molecule has 0 amide bonds. The zero-order valence-electron chi connectivity index (χ0n) is 10.6. The maximum absolute atomic E-state index is 9.81. The van der Waals surface area contributed by atoms with Crippen molar-refractivity contribution in [3.8, 4) is 11.6 Å². The van der Waals surface area contributed by atoms with E-state index in [9.17, 15) is 5.11 Å². The van der Waals surface area contributed by atoms with Gasteiger partial charge in [0, 0.05) is 17.8 Å². The van der Waals surface area contributed by atoms with Crippen LogP contribution in [-0.2, 0) is 0 Å². The molecule has 2 rings (SSSR count). The second-order valence-electron chi connectivity index (χ2n) is 4.22. The highest BCUT2D eigenvalue weighted by molar-refractivity contribution is 5.33. The molecular formula is C15H17NO2. The summed E-state index contributed by atoms with van der Waals surface area (Å²) in [6.45, 7) is 3.90. The summed E-state index contributed by atoms with van der Waals surface area (Å²) >= 11 is 0. The van der Waals surface area contributed by atoms with Crippen molar-refractivity contribution in [3.05, 3.63) is 53.7 Å². The van der Waals surface area contributed by atoms with Gasteiger partial charge < -0.3 is 9.84 Å².